The van der Waals surface area contributed by atoms with Crippen LogP contribution in [0.3, 0.4) is 0 Å². The highest BCUT2D eigenvalue weighted by Gasteiger charge is 2.19. The lowest BCUT2D eigenvalue weighted by Crippen LogP contribution is -2.48. The van der Waals surface area contributed by atoms with Crippen molar-refractivity contribution in [1.29, 1.82) is 0 Å². The van der Waals surface area contributed by atoms with Gasteiger partial charge in [0, 0.05) is 0 Å². The van der Waals surface area contributed by atoms with E-state index in [1.54, 1.807) is 0 Å². The molecule has 0 saturated carbocycles. The molecule has 0 radical (unpaired) electrons. The number of rotatable bonds is 6. The molecule has 5 nitrogen and oxygen atoms in total. The second-order valence-electron chi connectivity index (χ2n) is 2.97. The van der Waals surface area contributed by atoms with Crippen LogP contribution >= 0.6 is 0 Å². The van der Waals surface area contributed by atoms with Gasteiger partial charge in [-0.3, -0.25) is 14.9 Å². The number of carboxylic acid groups (broad SMARTS) is 1. The first-order valence-electron chi connectivity index (χ1n) is 4.27. The fourth-order valence-electron chi connectivity index (χ4n) is 0.969. The molecular formula is C8H16N2O3. The first-order valence-corrected chi connectivity index (χ1v) is 4.27. The summed E-state index contributed by atoms with van der Waals surface area (Å²) in [5.41, 5.74) is 5.08. The van der Waals surface area contributed by atoms with Gasteiger partial charge in [-0.2, -0.15) is 0 Å². The number of hydrogen-bond acceptors (Lipinski definition) is 3. The first kappa shape index (κ1) is 11.9. The standard InChI is InChI=1S/C8H16N2O3/c1-3-4-6(7(9)11)10-5(2)8(12)13/h5-6,10H,3-4H2,1-2H3,(H2,9,11)(H,12,13)/t5-,6?/m0/s1. The summed E-state index contributed by atoms with van der Waals surface area (Å²) >= 11 is 0. The third-order valence-electron chi connectivity index (χ3n) is 1.74. The van der Waals surface area contributed by atoms with E-state index in [1.807, 2.05) is 6.92 Å². The minimum absolute atomic E-state index is 0.505. The highest BCUT2D eigenvalue weighted by Crippen LogP contribution is 1.97. The number of carbonyl (C=O) groups excluding carboxylic acids is 1. The topological polar surface area (TPSA) is 92.4 Å². The van der Waals surface area contributed by atoms with Crippen molar-refractivity contribution in [1.82, 2.24) is 5.32 Å². The van der Waals surface area contributed by atoms with Gasteiger partial charge in [-0.1, -0.05) is 13.3 Å². The largest absolute Gasteiger partial charge is 0.480 e. The number of amides is 1. The number of hydrogen-bond donors (Lipinski definition) is 3. The lowest BCUT2D eigenvalue weighted by atomic mass is 10.1. The smallest absolute Gasteiger partial charge is 0.320 e. The van der Waals surface area contributed by atoms with Crippen molar-refractivity contribution in [2.45, 2.75) is 38.8 Å². The molecule has 0 saturated heterocycles. The van der Waals surface area contributed by atoms with Crippen LogP contribution in [0.4, 0.5) is 0 Å². The molecule has 0 heterocycles. The summed E-state index contributed by atoms with van der Waals surface area (Å²) in [5.74, 6) is -1.49. The fourth-order valence-corrected chi connectivity index (χ4v) is 0.969. The Labute approximate surface area is 77.3 Å². The summed E-state index contributed by atoms with van der Waals surface area (Å²) in [7, 11) is 0. The van der Waals surface area contributed by atoms with Crippen LogP contribution in [0.2, 0.25) is 0 Å². The van der Waals surface area contributed by atoms with Gasteiger partial charge in [0.15, 0.2) is 0 Å². The average molecular weight is 188 g/mol. The molecule has 0 bridgehead atoms. The van der Waals surface area contributed by atoms with E-state index in [1.165, 1.54) is 6.92 Å². The zero-order valence-electron chi connectivity index (χ0n) is 7.91. The molecule has 0 aromatic carbocycles. The van der Waals surface area contributed by atoms with E-state index in [0.717, 1.165) is 6.42 Å². The molecule has 76 valence electrons. The van der Waals surface area contributed by atoms with Crippen LogP contribution in [0, 0.1) is 0 Å². The van der Waals surface area contributed by atoms with Crippen molar-refractivity contribution < 1.29 is 14.7 Å². The SMILES string of the molecule is CCCC(N[C@@H](C)C(=O)O)C(N)=O. The van der Waals surface area contributed by atoms with Crippen molar-refractivity contribution in [3.05, 3.63) is 0 Å². The van der Waals surface area contributed by atoms with E-state index in [4.69, 9.17) is 10.8 Å². The van der Waals surface area contributed by atoms with Gasteiger partial charge >= 0.3 is 5.97 Å². The van der Waals surface area contributed by atoms with Crippen molar-refractivity contribution in [3.63, 3.8) is 0 Å². The maximum absolute atomic E-state index is 10.8. The molecule has 0 aliphatic heterocycles. The molecule has 5 heteroatoms. The van der Waals surface area contributed by atoms with Gasteiger partial charge in [0.1, 0.15) is 6.04 Å². The van der Waals surface area contributed by atoms with Gasteiger partial charge in [-0.25, -0.2) is 0 Å². The summed E-state index contributed by atoms with van der Waals surface area (Å²) in [6, 6.07) is -1.29. The van der Waals surface area contributed by atoms with Crippen molar-refractivity contribution in [2.24, 2.45) is 5.73 Å². The normalized spacial score (nSPS) is 14.9. The van der Waals surface area contributed by atoms with Gasteiger partial charge < -0.3 is 10.8 Å². The van der Waals surface area contributed by atoms with Crippen molar-refractivity contribution in [2.75, 3.05) is 0 Å². The summed E-state index contributed by atoms with van der Waals surface area (Å²) in [4.78, 5) is 21.3. The highest BCUT2D eigenvalue weighted by atomic mass is 16.4. The molecule has 0 fully saturated rings. The lowest BCUT2D eigenvalue weighted by molar-refractivity contribution is -0.139. The van der Waals surface area contributed by atoms with Crippen molar-refractivity contribution in [3.8, 4) is 0 Å². The molecule has 0 aliphatic carbocycles. The summed E-state index contributed by atoms with van der Waals surface area (Å²) < 4.78 is 0. The van der Waals surface area contributed by atoms with Crippen LogP contribution < -0.4 is 11.1 Å². The summed E-state index contributed by atoms with van der Waals surface area (Å²) in [6.45, 7) is 3.39. The van der Waals surface area contributed by atoms with Crippen LogP contribution in [-0.4, -0.2) is 29.1 Å². The number of aliphatic carboxylic acids is 1. The molecule has 0 rings (SSSR count). The van der Waals surface area contributed by atoms with E-state index in [9.17, 15) is 9.59 Å². The maximum Gasteiger partial charge on any atom is 0.320 e. The van der Waals surface area contributed by atoms with Crippen LogP contribution in [0.25, 0.3) is 0 Å². The van der Waals surface area contributed by atoms with E-state index < -0.39 is 24.0 Å². The zero-order valence-corrected chi connectivity index (χ0v) is 7.91. The van der Waals surface area contributed by atoms with Gasteiger partial charge in [-0.05, 0) is 13.3 Å². The second-order valence-corrected chi connectivity index (χ2v) is 2.97. The Bertz CT molecular complexity index is 194. The van der Waals surface area contributed by atoms with Crippen LogP contribution in [0.1, 0.15) is 26.7 Å². The average Bonchev–Trinajstić information content (AvgIpc) is 2.03. The Balaban J connectivity index is 4.09. The van der Waals surface area contributed by atoms with Gasteiger partial charge in [0.05, 0.1) is 6.04 Å². The number of nitrogens with one attached hydrogen (secondary N) is 1. The van der Waals surface area contributed by atoms with E-state index >= 15 is 0 Å². The Hall–Kier alpha value is -1.10. The van der Waals surface area contributed by atoms with E-state index in [-0.39, 0.29) is 0 Å². The first-order chi connectivity index (χ1) is 5.99. The molecule has 1 unspecified atom stereocenters. The molecule has 0 aromatic rings. The van der Waals surface area contributed by atoms with Gasteiger partial charge in [-0.15, -0.1) is 0 Å². The molecule has 2 atom stereocenters. The molecule has 4 N–H and O–H groups in total. The fraction of sp³-hybridized carbons (Fsp3) is 0.750. The van der Waals surface area contributed by atoms with Gasteiger partial charge in [0.25, 0.3) is 0 Å². The molecule has 1 amide bonds. The van der Waals surface area contributed by atoms with Crippen molar-refractivity contribution >= 4 is 11.9 Å². The van der Waals surface area contributed by atoms with E-state index in [2.05, 4.69) is 5.32 Å². The molecule has 0 aromatic heterocycles. The summed E-state index contributed by atoms with van der Waals surface area (Å²) in [5, 5.41) is 11.2. The minimum Gasteiger partial charge on any atom is -0.480 e. The monoisotopic (exact) mass is 188 g/mol. The second kappa shape index (κ2) is 5.53. The van der Waals surface area contributed by atoms with Crippen LogP contribution in [0.5, 0.6) is 0 Å². The Morgan fingerprint density at radius 1 is 1.54 bits per heavy atom. The summed E-state index contributed by atoms with van der Waals surface area (Å²) in [6.07, 6.45) is 1.35. The third-order valence-corrected chi connectivity index (χ3v) is 1.74. The molecular weight excluding hydrogens is 172 g/mol. The zero-order chi connectivity index (χ0) is 10.4. The number of carbonyl (C=O) groups is 2. The number of carboxylic acids is 1. The maximum atomic E-state index is 10.8. The highest BCUT2D eigenvalue weighted by molar-refractivity contribution is 5.81. The van der Waals surface area contributed by atoms with Crippen LogP contribution in [0.15, 0.2) is 0 Å². The molecule has 13 heavy (non-hydrogen) atoms. The lowest BCUT2D eigenvalue weighted by Gasteiger charge is -2.17. The van der Waals surface area contributed by atoms with Gasteiger partial charge in [0.2, 0.25) is 5.91 Å². The minimum atomic E-state index is -0.984. The Kier molecular flexibility index (Phi) is 5.06. The number of primary amides is 1. The van der Waals surface area contributed by atoms with Crippen LogP contribution in [-0.2, 0) is 9.59 Å². The number of nitrogens with two attached hydrogens (primary N) is 1. The Morgan fingerprint density at radius 2 is 2.08 bits per heavy atom. The predicted octanol–water partition coefficient (Wildman–Crippen LogP) is -0.297. The third kappa shape index (κ3) is 4.47. The predicted molar refractivity (Wildman–Crippen MR) is 48.1 cm³/mol. The quantitative estimate of drug-likeness (QED) is 0.533. The van der Waals surface area contributed by atoms with E-state index in [0.29, 0.717) is 6.42 Å². The molecule has 0 spiro atoms. The Morgan fingerprint density at radius 3 is 2.38 bits per heavy atom. The molecule has 0 aliphatic rings.